The van der Waals surface area contributed by atoms with Gasteiger partial charge in [0.05, 0.1) is 12.2 Å². The van der Waals surface area contributed by atoms with E-state index in [9.17, 15) is 0 Å². The van der Waals surface area contributed by atoms with Gasteiger partial charge < -0.3 is 4.74 Å². The molecule has 1 heterocycles. The molecule has 0 radical (unpaired) electrons. The summed E-state index contributed by atoms with van der Waals surface area (Å²) in [6.45, 7) is 8.79. The molecule has 0 N–H and O–H groups in total. The summed E-state index contributed by atoms with van der Waals surface area (Å²) in [6, 6.07) is 0. The van der Waals surface area contributed by atoms with E-state index in [1.54, 1.807) is 0 Å². The Labute approximate surface area is 103 Å². The summed E-state index contributed by atoms with van der Waals surface area (Å²) in [7, 11) is 0. The van der Waals surface area contributed by atoms with Crippen LogP contribution >= 0.6 is 38.5 Å². The Bertz CT molecular complexity index is 201. The van der Waals surface area contributed by atoms with Crippen LogP contribution in [-0.4, -0.2) is 12.2 Å². The Balaban J connectivity index is 2.81. The normalized spacial score (nSPS) is 29.5. The van der Waals surface area contributed by atoms with Crippen LogP contribution in [0.1, 0.15) is 27.7 Å². The molecular weight excluding hydrogens is 343 g/mol. The molecule has 2 atom stereocenters. The fourth-order valence-electron chi connectivity index (χ4n) is 1.45. The highest BCUT2D eigenvalue weighted by Crippen LogP contribution is 2.41. The quantitative estimate of drug-likeness (QED) is 0.675. The monoisotopic (exact) mass is 358 g/mol. The van der Waals surface area contributed by atoms with Crippen LogP contribution < -0.4 is 0 Å². The predicted molar refractivity (Wildman–Crippen MR) is 68.3 cm³/mol. The molecule has 76 valence electrons. The van der Waals surface area contributed by atoms with E-state index in [1.165, 1.54) is 8.06 Å². The summed E-state index contributed by atoms with van der Waals surface area (Å²) in [4.78, 5) is 0. The van der Waals surface area contributed by atoms with Crippen LogP contribution in [0, 0.1) is 11.8 Å². The molecule has 0 amide bonds. The van der Waals surface area contributed by atoms with Crippen LogP contribution in [0.5, 0.6) is 0 Å². The summed E-state index contributed by atoms with van der Waals surface area (Å²) >= 11 is 6.02. The van der Waals surface area contributed by atoms with Crippen molar-refractivity contribution in [2.75, 3.05) is 0 Å². The summed E-state index contributed by atoms with van der Waals surface area (Å²) < 4.78 is 8.57. The largest absolute Gasteiger partial charge is 0.364 e. The van der Waals surface area contributed by atoms with Crippen molar-refractivity contribution >= 4 is 38.5 Å². The van der Waals surface area contributed by atoms with Crippen LogP contribution in [0.3, 0.4) is 0 Å². The average molecular weight is 359 g/mol. The van der Waals surface area contributed by atoms with Crippen molar-refractivity contribution in [1.29, 1.82) is 0 Å². The molecule has 0 bridgehead atoms. The first-order valence-corrected chi connectivity index (χ1v) is 6.52. The van der Waals surface area contributed by atoms with E-state index in [0.29, 0.717) is 17.9 Å². The fourth-order valence-corrected chi connectivity index (χ4v) is 3.48. The lowest BCUT2D eigenvalue weighted by Gasteiger charge is -2.20. The Morgan fingerprint density at radius 3 is 1.85 bits per heavy atom. The zero-order valence-electron chi connectivity index (χ0n) is 8.47. The van der Waals surface area contributed by atoms with Crippen molar-refractivity contribution in [1.82, 2.24) is 0 Å². The van der Waals surface area contributed by atoms with E-state index in [4.69, 9.17) is 4.74 Å². The Kier molecular flexibility index (Phi) is 4.26. The van der Waals surface area contributed by atoms with Crippen molar-refractivity contribution in [3.8, 4) is 0 Å². The molecule has 0 saturated carbocycles. The van der Waals surface area contributed by atoms with Gasteiger partial charge in [0.2, 0.25) is 0 Å². The minimum Gasteiger partial charge on any atom is -0.364 e. The maximum Gasteiger partial charge on any atom is 0.0929 e. The van der Waals surface area contributed by atoms with Crippen LogP contribution in [0.4, 0.5) is 0 Å². The highest BCUT2D eigenvalue weighted by atomic mass is 127. The predicted octanol–water partition coefficient (Wildman–Crippen LogP) is 4.11. The summed E-state index contributed by atoms with van der Waals surface area (Å²) in [5, 5.41) is 0. The number of rotatable bonds is 2. The minimum atomic E-state index is 0.263. The van der Waals surface area contributed by atoms with Gasteiger partial charge in [0.15, 0.2) is 0 Å². The first-order chi connectivity index (χ1) is 5.95. The number of hydrogen-bond acceptors (Lipinski definition) is 1. The van der Waals surface area contributed by atoms with Gasteiger partial charge in [-0.3, -0.25) is 0 Å². The molecule has 0 spiro atoms. The SMILES string of the molecule is CC(C)C1OC(C(C)C)C(I)=C1Br. The van der Waals surface area contributed by atoms with E-state index in [0.717, 1.165) is 0 Å². The van der Waals surface area contributed by atoms with Crippen LogP contribution in [0.2, 0.25) is 0 Å². The average Bonchev–Trinajstić information content (AvgIpc) is 2.29. The van der Waals surface area contributed by atoms with Crippen LogP contribution in [0.15, 0.2) is 8.06 Å². The summed E-state index contributed by atoms with van der Waals surface area (Å²) in [5.74, 6) is 1.10. The highest BCUT2D eigenvalue weighted by Gasteiger charge is 2.35. The van der Waals surface area contributed by atoms with Gasteiger partial charge in [0.25, 0.3) is 0 Å². The van der Waals surface area contributed by atoms with E-state index in [1.807, 2.05) is 0 Å². The number of halogens is 2. The van der Waals surface area contributed by atoms with Crippen molar-refractivity contribution in [2.24, 2.45) is 11.8 Å². The van der Waals surface area contributed by atoms with Crippen LogP contribution in [-0.2, 0) is 4.74 Å². The molecule has 1 nitrogen and oxygen atoms in total. The zero-order chi connectivity index (χ0) is 10.2. The van der Waals surface area contributed by atoms with E-state index >= 15 is 0 Å². The molecule has 1 aliphatic rings. The zero-order valence-corrected chi connectivity index (χ0v) is 12.2. The summed E-state index contributed by atoms with van der Waals surface area (Å²) in [6.07, 6.45) is 0.557. The Hall–Kier alpha value is 0.910. The lowest BCUT2D eigenvalue weighted by atomic mass is 10.1. The number of hydrogen-bond donors (Lipinski definition) is 0. The molecule has 1 rings (SSSR count). The first-order valence-electron chi connectivity index (χ1n) is 4.65. The van der Waals surface area contributed by atoms with Gasteiger partial charge in [-0.25, -0.2) is 0 Å². The number of ether oxygens (including phenoxy) is 1. The molecule has 0 aromatic carbocycles. The van der Waals surface area contributed by atoms with E-state index in [-0.39, 0.29) is 6.10 Å². The maximum absolute atomic E-state index is 5.98. The Morgan fingerprint density at radius 2 is 1.62 bits per heavy atom. The van der Waals surface area contributed by atoms with Gasteiger partial charge in [0, 0.05) is 8.06 Å². The molecule has 13 heavy (non-hydrogen) atoms. The third-order valence-corrected chi connectivity index (χ3v) is 5.05. The second-order valence-electron chi connectivity index (χ2n) is 4.16. The molecule has 3 heteroatoms. The van der Waals surface area contributed by atoms with Gasteiger partial charge in [-0.05, 0) is 34.4 Å². The third kappa shape index (κ3) is 2.48. The van der Waals surface area contributed by atoms with Crippen molar-refractivity contribution in [2.45, 2.75) is 39.9 Å². The van der Waals surface area contributed by atoms with Crippen molar-refractivity contribution in [3.05, 3.63) is 8.06 Å². The Morgan fingerprint density at radius 1 is 1.15 bits per heavy atom. The molecule has 0 aromatic rings. The van der Waals surface area contributed by atoms with Gasteiger partial charge in [0.1, 0.15) is 0 Å². The minimum absolute atomic E-state index is 0.263. The van der Waals surface area contributed by atoms with E-state index < -0.39 is 0 Å². The smallest absolute Gasteiger partial charge is 0.0929 e. The van der Waals surface area contributed by atoms with Crippen LogP contribution in [0.25, 0.3) is 0 Å². The topological polar surface area (TPSA) is 9.23 Å². The van der Waals surface area contributed by atoms with Gasteiger partial charge in [-0.15, -0.1) is 0 Å². The molecule has 0 aliphatic carbocycles. The van der Waals surface area contributed by atoms with Crippen molar-refractivity contribution in [3.63, 3.8) is 0 Å². The van der Waals surface area contributed by atoms with Crippen molar-refractivity contribution < 1.29 is 4.74 Å². The molecular formula is C10H16BrIO. The second-order valence-corrected chi connectivity index (χ2v) is 6.18. The molecule has 1 aliphatic heterocycles. The van der Waals surface area contributed by atoms with E-state index in [2.05, 4.69) is 66.2 Å². The summed E-state index contributed by atoms with van der Waals surface area (Å²) in [5.41, 5.74) is 0. The third-order valence-electron chi connectivity index (χ3n) is 2.23. The second kappa shape index (κ2) is 4.62. The van der Waals surface area contributed by atoms with Gasteiger partial charge >= 0.3 is 0 Å². The highest BCUT2D eigenvalue weighted by molar-refractivity contribution is 14.1. The maximum atomic E-state index is 5.98. The lowest BCUT2D eigenvalue weighted by molar-refractivity contribution is 0.0111. The molecule has 0 saturated heterocycles. The lowest BCUT2D eigenvalue weighted by Crippen LogP contribution is -2.22. The van der Waals surface area contributed by atoms with Gasteiger partial charge in [-0.1, -0.05) is 43.6 Å². The molecule has 2 unspecified atom stereocenters. The molecule has 0 aromatic heterocycles. The fraction of sp³-hybridized carbons (Fsp3) is 0.800. The van der Waals surface area contributed by atoms with Gasteiger partial charge in [-0.2, -0.15) is 0 Å². The first kappa shape index (κ1) is 12.0. The standard InChI is InChI=1S/C10H16BrIO/c1-5(2)9-7(11)8(12)10(13-9)6(3)4/h5-6,9-10H,1-4H3. The molecule has 0 fully saturated rings.